The molecule has 1 N–H and O–H groups in total. The van der Waals surface area contributed by atoms with Crippen molar-refractivity contribution in [2.75, 3.05) is 7.11 Å². The number of aromatic nitrogens is 4. The summed E-state index contributed by atoms with van der Waals surface area (Å²) in [5.74, 6) is 1.71. The molecule has 0 fully saturated rings. The maximum atomic E-state index is 12.1. The third-order valence-electron chi connectivity index (χ3n) is 3.65. The van der Waals surface area contributed by atoms with Gasteiger partial charge in [-0.2, -0.15) is 4.80 Å². The number of nitrogens with zero attached hydrogens (tertiary/aromatic N) is 4. The SMILES string of the molecule is COc1cccc(-c2nnn(CC(=O)N[C@@H](C)CCC(C)C)n2)c1. The summed E-state index contributed by atoms with van der Waals surface area (Å²) < 4.78 is 5.18. The summed E-state index contributed by atoms with van der Waals surface area (Å²) >= 11 is 0. The van der Waals surface area contributed by atoms with E-state index in [1.54, 1.807) is 7.11 Å². The molecule has 1 amide bonds. The monoisotopic (exact) mass is 331 g/mol. The largest absolute Gasteiger partial charge is 0.497 e. The van der Waals surface area contributed by atoms with Gasteiger partial charge in [0.25, 0.3) is 0 Å². The van der Waals surface area contributed by atoms with E-state index in [0.717, 1.165) is 24.2 Å². The van der Waals surface area contributed by atoms with Gasteiger partial charge in [0.15, 0.2) is 0 Å². The van der Waals surface area contributed by atoms with Gasteiger partial charge in [-0.15, -0.1) is 10.2 Å². The predicted octanol–water partition coefficient (Wildman–Crippen LogP) is 2.29. The molecule has 0 radical (unpaired) electrons. The van der Waals surface area contributed by atoms with Crippen LogP contribution in [-0.2, 0) is 11.3 Å². The van der Waals surface area contributed by atoms with Crippen molar-refractivity contribution in [2.24, 2.45) is 5.92 Å². The van der Waals surface area contributed by atoms with E-state index in [2.05, 4.69) is 34.6 Å². The van der Waals surface area contributed by atoms with Gasteiger partial charge in [0.2, 0.25) is 11.7 Å². The van der Waals surface area contributed by atoms with Crippen molar-refractivity contribution in [3.8, 4) is 17.1 Å². The van der Waals surface area contributed by atoms with Crippen LogP contribution in [0.15, 0.2) is 24.3 Å². The van der Waals surface area contributed by atoms with Gasteiger partial charge in [0.05, 0.1) is 7.11 Å². The molecule has 0 unspecified atom stereocenters. The first-order chi connectivity index (χ1) is 11.5. The van der Waals surface area contributed by atoms with Crippen LogP contribution in [0.3, 0.4) is 0 Å². The van der Waals surface area contributed by atoms with Crippen LogP contribution in [0, 0.1) is 5.92 Å². The molecule has 1 aromatic heterocycles. The Labute approximate surface area is 142 Å². The number of nitrogens with one attached hydrogen (secondary N) is 1. The maximum Gasteiger partial charge on any atom is 0.243 e. The Morgan fingerprint density at radius 2 is 2.08 bits per heavy atom. The highest BCUT2D eigenvalue weighted by atomic mass is 16.5. The fourth-order valence-electron chi connectivity index (χ4n) is 2.29. The van der Waals surface area contributed by atoms with Crippen LogP contribution in [-0.4, -0.2) is 39.3 Å². The zero-order valence-corrected chi connectivity index (χ0v) is 14.7. The Kier molecular flexibility index (Phi) is 6.28. The smallest absolute Gasteiger partial charge is 0.243 e. The summed E-state index contributed by atoms with van der Waals surface area (Å²) in [4.78, 5) is 13.4. The van der Waals surface area contributed by atoms with Gasteiger partial charge >= 0.3 is 0 Å². The van der Waals surface area contributed by atoms with Gasteiger partial charge in [-0.05, 0) is 43.0 Å². The minimum Gasteiger partial charge on any atom is -0.497 e. The minimum atomic E-state index is -0.110. The Morgan fingerprint density at radius 3 is 2.79 bits per heavy atom. The lowest BCUT2D eigenvalue weighted by Gasteiger charge is -2.14. The Balaban J connectivity index is 1.92. The Bertz CT molecular complexity index is 669. The number of ether oxygens (including phenoxy) is 1. The quantitative estimate of drug-likeness (QED) is 0.802. The summed E-state index contributed by atoms with van der Waals surface area (Å²) in [6.07, 6.45) is 2.05. The van der Waals surface area contributed by atoms with E-state index in [0.29, 0.717) is 11.7 Å². The lowest BCUT2D eigenvalue weighted by Crippen LogP contribution is -2.35. The fraction of sp³-hybridized carbons (Fsp3) is 0.529. The molecule has 130 valence electrons. The second kappa shape index (κ2) is 8.42. The average molecular weight is 331 g/mol. The number of tetrazole rings is 1. The first-order valence-corrected chi connectivity index (χ1v) is 8.19. The molecule has 0 saturated heterocycles. The third kappa shape index (κ3) is 5.33. The van der Waals surface area contributed by atoms with Crippen molar-refractivity contribution in [1.82, 2.24) is 25.5 Å². The van der Waals surface area contributed by atoms with Crippen LogP contribution in [0.2, 0.25) is 0 Å². The summed E-state index contributed by atoms with van der Waals surface area (Å²) in [6.45, 7) is 6.42. The second-order valence-corrected chi connectivity index (χ2v) is 6.32. The van der Waals surface area contributed by atoms with Crippen LogP contribution in [0.4, 0.5) is 0 Å². The molecular weight excluding hydrogens is 306 g/mol. The van der Waals surface area contributed by atoms with Crippen molar-refractivity contribution in [2.45, 2.75) is 46.2 Å². The molecule has 7 heteroatoms. The van der Waals surface area contributed by atoms with Gasteiger partial charge in [0, 0.05) is 11.6 Å². The van der Waals surface area contributed by atoms with Gasteiger partial charge in [-0.1, -0.05) is 26.0 Å². The number of benzene rings is 1. The highest BCUT2D eigenvalue weighted by Crippen LogP contribution is 2.19. The predicted molar refractivity (Wildman–Crippen MR) is 91.5 cm³/mol. The standard InChI is InChI=1S/C17H25N5O2/c1-12(2)8-9-13(3)18-16(23)11-22-20-17(19-21-22)14-6-5-7-15(10-14)24-4/h5-7,10,12-13H,8-9,11H2,1-4H3,(H,18,23)/t13-/m0/s1. The van der Waals surface area contributed by atoms with Crippen molar-refractivity contribution in [3.05, 3.63) is 24.3 Å². The number of rotatable bonds is 8. The van der Waals surface area contributed by atoms with Crippen molar-refractivity contribution in [1.29, 1.82) is 0 Å². The number of carbonyl (C=O) groups excluding carboxylic acids is 1. The summed E-state index contributed by atoms with van der Waals surface area (Å²) in [7, 11) is 1.61. The molecule has 1 heterocycles. The molecule has 2 aromatic rings. The van der Waals surface area contributed by atoms with E-state index in [9.17, 15) is 4.79 Å². The highest BCUT2D eigenvalue weighted by molar-refractivity contribution is 5.75. The third-order valence-corrected chi connectivity index (χ3v) is 3.65. The molecule has 0 aliphatic heterocycles. The molecule has 0 aliphatic rings. The zero-order chi connectivity index (χ0) is 17.5. The topological polar surface area (TPSA) is 81.9 Å². The van der Waals surface area contributed by atoms with E-state index < -0.39 is 0 Å². The average Bonchev–Trinajstić information content (AvgIpc) is 3.01. The number of carbonyl (C=O) groups is 1. The van der Waals surface area contributed by atoms with Gasteiger partial charge < -0.3 is 10.1 Å². The second-order valence-electron chi connectivity index (χ2n) is 6.32. The van der Waals surface area contributed by atoms with E-state index in [1.807, 2.05) is 31.2 Å². The van der Waals surface area contributed by atoms with Gasteiger partial charge in [0.1, 0.15) is 12.3 Å². The first-order valence-electron chi connectivity index (χ1n) is 8.19. The number of hydrogen-bond acceptors (Lipinski definition) is 5. The van der Waals surface area contributed by atoms with Gasteiger partial charge in [-0.25, -0.2) is 0 Å². The van der Waals surface area contributed by atoms with Crippen LogP contribution >= 0.6 is 0 Å². The van der Waals surface area contributed by atoms with Crippen LogP contribution in [0.1, 0.15) is 33.6 Å². The molecule has 7 nitrogen and oxygen atoms in total. The van der Waals surface area contributed by atoms with Crippen molar-refractivity contribution < 1.29 is 9.53 Å². The molecule has 0 saturated carbocycles. The van der Waals surface area contributed by atoms with Crippen LogP contribution in [0.25, 0.3) is 11.4 Å². The lowest BCUT2D eigenvalue weighted by molar-refractivity contribution is -0.122. The summed E-state index contributed by atoms with van der Waals surface area (Å²) in [5.41, 5.74) is 0.798. The maximum absolute atomic E-state index is 12.1. The van der Waals surface area contributed by atoms with Crippen LogP contribution in [0.5, 0.6) is 5.75 Å². The normalized spacial score (nSPS) is 12.2. The summed E-state index contributed by atoms with van der Waals surface area (Å²) in [5, 5.41) is 15.2. The molecule has 1 atom stereocenters. The fourth-order valence-corrected chi connectivity index (χ4v) is 2.29. The molecular formula is C17H25N5O2. The van der Waals surface area contributed by atoms with Crippen LogP contribution < -0.4 is 10.1 Å². The Morgan fingerprint density at radius 1 is 1.29 bits per heavy atom. The Hall–Kier alpha value is -2.44. The molecule has 0 bridgehead atoms. The molecule has 24 heavy (non-hydrogen) atoms. The summed E-state index contributed by atoms with van der Waals surface area (Å²) in [6, 6.07) is 7.55. The number of methoxy groups -OCH3 is 1. The zero-order valence-electron chi connectivity index (χ0n) is 14.7. The molecule has 2 rings (SSSR count). The molecule has 0 spiro atoms. The molecule has 0 aliphatic carbocycles. The number of amides is 1. The van der Waals surface area contributed by atoms with E-state index >= 15 is 0 Å². The molecule has 1 aromatic carbocycles. The minimum absolute atomic E-state index is 0.0585. The van der Waals surface area contributed by atoms with E-state index in [4.69, 9.17) is 4.74 Å². The van der Waals surface area contributed by atoms with E-state index in [1.165, 1.54) is 4.80 Å². The number of hydrogen-bond donors (Lipinski definition) is 1. The first kappa shape index (κ1) is 17.9. The van der Waals surface area contributed by atoms with Gasteiger partial charge in [-0.3, -0.25) is 4.79 Å². The van der Waals surface area contributed by atoms with E-state index in [-0.39, 0.29) is 18.5 Å². The lowest BCUT2D eigenvalue weighted by atomic mass is 10.0. The van der Waals surface area contributed by atoms with Crippen molar-refractivity contribution >= 4 is 5.91 Å². The van der Waals surface area contributed by atoms with Crippen molar-refractivity contribution in [3.63, 3.8) is 0 Å². The highest BCUT2D eigenvalue weighted by Gasteiger charge is 2.12.